The van der Waals surface area contributed by atoms with Crippen LogP contribution >= 0.6 is 0 Å². The molecular formula is C54H34N2O. The standard InChI is InChI=1S/C54H34N2O/c1-2-16-42(17-3-1)56-50-33-40-15-7-6-14-39(40)32-48(50)46-30-28-44(34-51(46)56)55(43-26-23-36(24-27-43)41-22-21-35-11-4-5-13-38(35)31-41)49-19-10-20-52-53(49)47-29-25-37-12-8-9-18-45(37)54(47)57-52/h1-34H. The molecule has 0 N–H and O–H groups in total. The summed E-state index contributed by atoms with van der Waals surface area (Å²) < 4.78 is 9.15. The first kappa shape index (κ1) is 31.7. The van der Waals surface area contributed by atoms with Gasteiger partial charge < -0.3 is 13.9 Å². The smallest absolute Gasteiger partial charge is 0.143 e. The normalized spacial score (nSPS) is 11.9. The van der Waals surface area contributed by atoms with Crippen LogP contribution in [0.2, 0.25) is 0 Å². The summed E-state index contributed by atoms with van der Waals surface area (Å²) >= 11 is 0. The van der Waals surface area contributed by atoms with Crippen LogP contribution in [0.4, 0.5) is 17.1 Å². The molecule has 3 heteroatoms. The van der Waals surface area contributed by atoms with Crippen LogP contribution in [0.25, 0.3) is 92.9 Å². The highest BCUT2D eigenvalue weighted by atomic mass is 16.3. The lowest BCUT2D eigenvalue weighted by atomic mass is 10.0. The molecule has 12 aromatic rings. The predicted octanol–water partition coefficient (Wildman–Crippen LogP) is 15.3. The van der Waals surface area contributed by atoms with Gasteiger partial charge >= 0.3 is 0 Å². The van der Waals surface area contributed by atoms with Gasteiger partial charge in [0.2, 0.25) is 0 Å². The van der Waals surface area contributed by atoms with Crippen molar-refractivity contribution in [1.29, 1.82) is 0 Å². The maximum Gasteiger partial charge on any atom is 0.143 e. The van der Waals surface area contributed by atoms with Crippen LogP contribution in [-0.4, -0.2) is 4.57 Å². The van der Waals surface area contributed by atoms with Crippen molar-refractivity contribution in [3.63, 3.8) is 0 Å². The fraction of sp³-hybridized carbons (Fsp3) is 0. The van der Waals surface area contributed by atoms with E-state index in [1.807, 2.05) is 0 Å². The van der Waals surface area contributed by atoms with Crippen LogP contribution < -0.4 is 4.90 Å². The first-order valence-corrected chi connectivity index (χ1v) is 19.5. The Morgan fingerprint density at radius 2 is 1.00 bits per heavy atom. The molecule has 0 aliphatic heterocycles. The van der Waals surface area contributed by atoms with Gasteiger partial charge in [0.25, 0.3) is 0 Å². The molecule has 0 saturated heterocycles. The Morgan fingerprint density at radius 3 is 1.82 bits per heavy atom. The Hall–Kier alpha value is -7.62. The molecule has 57 heavy (non-hydrogen) atoms. The number of furan rings is 1. The second-order valence-corrected chi connectivity index (χ2v) is 14.9. The average Bonchev–Trinajstić information content (AvgIpc) is 3.82. The first-order chi connectivity index (χ1) is 28.2. The molecule has 2 aromatic heterocycles. The number of hydrogen-bond acceptors (Lipinski definition) is 2. The van der Waals surface area contributed by atoms with Crippen molar-refractivity contribution < 1.29 is 4.42 Å². The van der Waals surface area contributed by atoms with Gasteiger partial charge in [-0.15, -0.1) is 0 Å². The van der Waals surface area contributed by atoms with E-state index in [1.165, 1.54) is 54.3 Å². The topological polar surface area (TPSA) is 21.3 Å². The van der Waals surface area contributed by atoms with Crippen molar-refractivity contribution in [2.24, 2.45) is 0 Å². The number of hydrogen-bond donors (Lipinski definition) is 0. The third kappa shape index (κ3) is 4.99. The highest BCUT2D eigenvalue weighted by molar-refractivity contribution is 6.20. The van der Waals surface area contributed by atoms with E-state index < -0.39 is 0 Å². The number of benzene rings is 10. The van der Waals surface area contributed by atoms with E-state index in [0.29, 0.717) is 0 Å². The van der Waals surface area contributed by atoms with E-state index in [9.17, 15) is 0 Å². The summed E-state index contributed by atoms with van der Waals surface area (Å²) in [5.74, 6) is 0. The zero-order chi connectivity index (χ0) is 37.5. The number of para-hydroxylation sites is 1. The molecule has 0 spiro atoms. The van der Waals surface area contributed by atoms with Gasteiger partial charge in [0.05, 0.1) is 22.1 Å². The first-order valence-electron chi connectivity index (χ1n) is 19.5. The molecule has 10 aromatic carbocycles. The van der Waals surface area contributed by atoms with Crippen LogP contribution in [0.15, 0.2) is 211 Å². The number of fused-ring (bicyclic) bond motifs is 10. The quantitative estimate of drug-likeness (QED) is 0.176. The average molecular weight is 727 g/mol. The molecule has 0 aliphatic rings. The van der Waals surface area contributed by atoms with Crippen molar-refractivity contribution in [3.05, 3.63) is 206 Å². The molecule has 12 rings (SSSR count). The van der Waals surface area contributed by atoms with Gasteiger partial charge in [0.1, 0.15) is 11.2 Å². The summed E-state index contributed by atoms with van der Waals surface area (Å²) in [6, 6.07) is 74.6. The Labute approximate surface area is 328 Å². The van der Waals surface area contributed by atoms with Crippen LogP contribution in [0.5, 0.6) is 0 Å². The zero-order valence-corrected chi connectivity index (χ0v) is 30.9. The van der Waals surface area contributed by atoms with Crippen LogP contribution in [0.1, 0.15) is 0 Å². The highest BCUT2D eigenvalue weighted by Gasteiger charge is 2.22. The number of nitrogens with zero attached hydrogens (tertiary/aromatic N) is 2. The van der Waals surface area contributed by atoms with Gasteiger partial charge in [0.15, 0.2) is 0 Å². The Bertz CT molecular complexity index is 3520. The number of anilines is 3. The van der Waals surface area contributed by atoms with Gasteiger partial charge in [-0.3, -0.25) is 0 Å². The molecule has 0 saturated carbocycles. The third-order valence-electron chi connectivity index (χ3n) is 11.7. The third-order valence-corrected chi connectivity index (χ3v) is 11.7. The number of rotatable bonds is 5. The van der Waals surface area contributed by atoms with Gasteiger partial charge in [-0.05, 0) is 111 Å². The minimum atomic E-state index is 0.864. The molecule has 0 atom stereocenters. The van der Waals surface area contributed by atoms with Crippen molar-refractivity contribution in [2.45, 2.75) is 0 Å². The fourth-order valence-corrected chi connectivity index (χ4v) is 9.01. The van der Waals surface area contributed by atoms with Crippen LogP contribution in [0, 0.1) is 0 Å². The monoisotopic (exact) mass is 726 g/mol. The lowest BCUT2D eigenvalue weighted by Gasteiger charge is -2.27. The van der Waals surface area contributed by atoms with E-state index in [4.69, 9.17) is 4.42 Å². The lowest BCUT2D eigenvalue weighted by molar-refractivity contribution is 0.672. The van der Waals surface area contributed by atoms with Crippen molar-refractivity contribution >= 4 is 93.1 Å². The van der Waals surface area contributed by atoms with E-state index in [-0.39, 0.29) is 0 Å². The van der Waals surface area contributed by atoms with E-state index in [0.717, 1.165) is 55.6 Å². The van der Waals surface area contributed by atoms with Crippen LogP contribution in [-0.2, 0) is 0 Å². The summed E-state index contributed by atoms with van der Waals surface area (Å²) in [4.78, 5) is 2.40. The molecule has 0 aliphatic carbocycles. The SMILES string of the molecule is c1ccc(-n2c3cc(N(c4ccc(-c5ccc6ccccc6c5)cc4)c4cccc5oc6c7ccccc7ccc6c45)ccc3c3cc4ccccc4cc32)cc1. The summed E-state index contributed by atoms with van der Waals surface area (Å²) in [5.41, 5.74) is 10.8. The largest absolute Gasteiger partial charge is 0.455 e. The summed E-state index contributed by atoms with van der Waals surface area (Å²) in [7, 11) is 0. The van der Waals surface area contributed by atoms with E-state index >= 15 is 0 Å². The van der Waals surface area contributed by atoms with Gasteiger partial charge in [0, 0.05) is 38.6 Å². The summed E-state index contributed by atoms with van der Waals surface area (Å²) in [6.07, 6.45) is 0. The van der Waals surface area contributed by atoms with Crippen molar-refractivity contribution in [2.75, 3.05) is 4.90 Å². The second-order valence-electron chi connectivity index (χ2n) is 14.9. The molecule has 3 nitrogen and oxygen atoms in total. The molecular weight excluding hydrogens is 693 g/mol. The number of aromatic nitrogens is 1. The minimum Gasteiger partial charge on any atom is -0.455 e. The Kier molecular flexibility index (Phi) is 6.93. The Morgan fingerprint density at radius 1 is 0.368 bits per heavy atom. The molecule has 2 heterocycles. The van der Waals surface area contributed by atoms with Gasteiger partial charge in [-0.2, -0.15) is 0 Å². The zero-order valence-electron chi connectivity index (χ0n) is 30.9. The predicted molar refractivity (Wildman–Crippen MR) is 241 cm³/mol. The molecule has 0 bridgehead atoms. The fourth-order valence-electron chi connectivity index (χ4n) is 9.01. The molecule has 0 radical (unpaired) electrons. The molecule has 0 fully saturated rings. The maximum absolute atomic E-state index is 6.73. The van der Waals surface area contributed by atoms with E-state index in [2.05, 4.69) is 216 Å². The molecule has 0 amide bonds. The van der Waals surface area contributed by atoms with Crippen molar-refractivity contribution in [3.8, 4) is 16.8 Å². The minimum absolute atomic E-state index is 0.864. The maximum atomic E-state index is 6.73. The molecule has 0 unspecified atom stereocenters. The summed E-state index contributed by atoms with van der Waals surface area (Å²) in [6.45, 7) is 0. The van der Waals surface area contributed by atoms with E-state index in [1.54, 1.807) is 0 Å². The lowest BCUT2D eigenvalue weighted by Crippen LogP contribution is -2.10. The van der Waals surface area contributed by atoms with Crippen molar-refractivity contribution in [1.82, 2.24) is 4.57 Å². The van der Waals surface area contributed by atoms with Gasteiger partial charge in [-0.1, -0.05) is 133 Å². The Balaban J connectivity index is 1.12. The molecule has 266 valence electrons. The summed E-state index contributed by atoms with van der Waals surface area (Å²) in [5, 5.41) is 11.9. The van der Waals surface area contributed by atoms with Crippen LogP contribution in [0.3, 0.4) is 0 Å². The highest BCUT2D eigenvalue weighted by Crippen LogP contribution is 2.46. The van der Waals surface area contributed by atoms with Gasteiger partial charge in [-0.25, -0.2) is 0 Å². The second kappa shape index (κ2) is 12.5.